The molecule has 0 spiro atoms. The van der Waals surface area contributed by atoms with Crippen LogP contribution in [0.5, 0.6) is 0 Å². The number of fused-ring (bicyclic) bond motifs is 1. The van der Waals surface area contributed by atoms with Crippen molar-refractivity contribution in [2.24, 2.45) is 5.84 Å². The number of H-pyrrole nitrogens is 2. The zero-order chi connectivity index (χ0) is 12.6. The molecule has 0 aliphatic heterocycles. The number of aromatic nitrogens is 2. The van der Waals surface area contributed by atoms with Gasteiger partial charge in [0.2, 0.25) is 0 Å². The fraction of sp³-hybridized carbons (Fsp3) is 0. The van der Waals surface area contributed by atoms with Gasteiger partial charge in [0.25, 0.3) is 10.0 Å². The van der Waals surface area contributed by atoms with Crippen LogP contribution in [0.25, 0.3) is 11.0 Å². The van der Waals surface area contributed by atoms with E-state index in [1.807, 2.05) is 0 Å². The molecule has 0 fully saturated rings. The highest BCUT2D eigenvalue weighted by atomic mass is 32.2. The van der Waals surface area contributed by atoms with Crippen LogP contribution >= 0.6 is 0 Å². The number of sulfonamides is 1. The number of hydrogen-bond donors (Lipinski definition) is 4. The largest absolute Gasteiger partial charge is 0.316 e. The zero-order valence-corrected chi connectivity index (χ0v) is 9.17. The Morgan fingerprint density at radius 3 is 2.24 bits per heavy atom. The van der Waals surface area contributed by atoms with Crippen molar-refractivity contribution in [2.45, 2.75) is 4.90 Å². The van der Waals surface area contributed by atoms with E-state index >= 15 is 0 Å². The van der Waals surface area contributed by atoms with Crippen LogP contribution in [-0.4, -0.2) is 18.4 Å². The fourth-order valence-corrected chi connectivity index (χ4v) is 1.99. The molecule has 2 rings (SSSR count). The summed E-state index contributed by atoms with van der Waals surface area (Å²) in [6.07, 6.45) is 0. The molecule has 1 aromatic carbocycles. The Hall–Kier alpha value is -1.97. The van der Waals surface area contributed by atoms with Crippen molar-refractivity contribution in [1.82, 2.24) is 14.8 Å². The predicted molar refractivity (Wildman–Crippen MR) is 59.7 cm³/mol. The summed E-state index contributed by atoms with van der Waals surface area (Å²) in [6, 6.07) is 3.81. The van der Waals surface area contributed by atoms with E-state index in [2.05, 4.69) is 9.97 Å². The number of nitrogens with one attached hydrogen (secondary N) is 3. The quantitative estimate of drug-likeness (QED) is 0.290. The van der Waals surface area contributed by atoms with Crippen molar-refractivity contribution in [2.75, 3.05) is 0 Å². The summed E-state index contributed by atoms with van der Waals surface area (Å²) in [5.41, 5.74) is -1.13. The minimum Gasteiger partial charge on any atom is -0.316 e. The molecule has 0 aliphatic rings. The lowest BCUT2D eigenvalue weighted by Crippen LogP contribution is -2.31. The summed E-state index contributed by atoms with van der Waals surface area (Å²) >= 11 is 0. The summed E-state index contributed by atoms with van der Waals surface area (Å²) in [5.74, 6) is 4.87. The van der Waals surface area contributed by atoms with E-state index in [0.29, 0.717) is 5.52 Å². The van der Waals surface area contributed by atoms with Crippen molar-refractivity contribution >= 4 is 21.1 Å². The summed E-state index contributed by atoms with van der Waals surface area (Å²) in [5, 5.41) is 0. The van der Waals surface area contributed by atoms with Crippen LogP contribution in [0.1, 0.15) is 0 Å². The van der Waals surface area contributed by atoms with Gasteiger partial charge >= 0.3 is 11.1 Å². The standard InChI is InChI=1S/C8H8N4O4S/c9-12-17(15,16)4-1-2-5-6(3-4)11-8(14)7(13)10-5/h1-3,12H,9H2,(H,10,13)(H,11,14). The third-order valence-electron chi connectivity index (χ3n) is 2.16. The highest BCUT2D eigenvalue weighted by molar-refractivity contribution is 7.89. The van der Waals surface area contributed by atoms with Gasteiger partial charge in [0, 0.05) is 0 Å². The summed E-state index contributed by atoms with van der Waals surface area (Å²) in [4.78, 5) is 28.2. The lowest BCUT2D eigenvalue weighted by Gasteiger charge is -2.03. The van der Waals surface area contributed by atoms with Gasteiger partial charge in [0.1, 0.15) is 0 Å². The molecule has 1 aromatic heterocycles. The summed E-state index contributed by atoms with van der Waals surface area (Å²) < 4.78 is 22.8. The van der Waals surface area contributed by atoms with Gasteiger partial charge in [-0.25, -0.2) is 8.42 Å². The Labute approximate surface area is 94.5 Å². The molecule has 17 heavy (non-hydrogen) atoms. The molecule has 0 unspecified atom stereocenters. The first-order valence-electron chi connectivity index (χ1n) is 4.43. The smallest absolute Gasteiger partial charge is 0.314 e. The molecule has 0 saturated carbocycles. The Kier molecular flexibility index (Phi) is 2.58. The van der Waals surface area contributed by atoms with Crippen LogP contribution in [0.15, 0.2) is 32.7 Å². The number of nitrogens with two attached hydrogens (primary N) is 1. The minimum atomic E-state index is -3.80. The number of rotatable bonds is 2. The molecular formula is C8H8N4O4S. The highest BCUT2D eigenvalue weighted by Gasteiger charge is 2.12. The fourth-order valence-electron chi connectivity index (χ4n) is 1.33. The molecule has 8 nitrogen and oxygen atoms in total. The van der Waals surface area contributed by atoms with Crippen LogP contribution in [0, 0.1) is 0 Å². The molecule has 0 saturated heterocycles. The van der Waals surface area contributed by atoms with Crippen molar-refractivity contribution in [3.63, 3.8) is 0 Å². The van der Waals surface area contributed by atoms with Crippen LogP contribution in [-0.2, 0) is 10.0 Å². The Bertz CT molecular complexity index is 789. The molecule has 0 atom stereocenters. The van der Waals surface area contributed by atoms with E-state index in [9.17, 15) is 18.0 Å². The van der Waals surface area contributed by atoms with Gasteiger partial charge in [-0.3, -0.25) is 15.4 Å². The van der Waals surface area contributed by atoms with Gasteiger partial charge in [-0.15, -0.1) is 0 Å². The van der Waals surface area contributed by atoms with E-state index in [0.717, 1.165) is 0 Å². The van der Waals surface area contributed by atoms with Gasteiger partial charge in [0.15, 0.2) is 0 Å². The van der Waals surface area contributed by atoms with Gasteiger partial charge < -0.3 is 9.97 Å². The van der Waals surface area contributed by atoms with E-state index in [1.165, 1.54) is 18.2 Å². The second kappa shape index (κ2) is 3.80. The Morgan fingerprint density at radius 2 is 1.65 bits per heavy atom. The molecule has 90 valence electrons. The number of benzene rings is 1. The first-order chi connectivity index (χ1) is 7.94. The highest BCUT2D eigenvalue weighted by Crippen LogP contribution is 2.13. The second-order valence-corrected chi connectivity index (χ2v) is 4.95. The third-order valence-corrected chi connectivity index (χ3v) is 3.34. The Morgan fingerprint density at radius 1 is 1.06 bits per heavy atom. The summed E-state index contributed by atoms with van der Waals surface area (Å²) in [6.45, 7) is 0. The second-order valence-electron chi connectivity index (χ2n) is 3.24. The SMILES string of the molecule is NNS(=O)(=O)c1ccc2[nH]c(=O)c(=O)[nH]c2c1. The van der Waals surface area contributed by atoms with Crippen LogP contribution < -0.4 is 21.8 Å². The normalized spacial score (nSPS) is 11.8. The molecule has 0 aliphatic carbocycles. The van der Waals surface area contributed by atoms with E-state index < -0.39 is 21.1 Å². The average Bonchev–Trinajstić information content (AvgIpc) is 2.30. The van der Waals surface area contributed by atoms with Crippen molar-refractivity contribution in [1.29, 1.82) is 0 Å². The lowest BCUT2D eigenvalue weighted by molar-refractivity contribution is 0.584. The molecule has 5 N–H and O–H groups in total. The number of hydrazine groups is 1. The van der Waals surface area contributed by atoms with E-state index in [4.69, 9.17) is 5.84 Å². The lowest BCUT2D eigenvalue weighted by atomic mass is 10.3. The molecule has 9 heteroatoms. The molecule has 2 aromatic rings. The van der Waals surface area contributed by atoms with Gasteiger partial charge in [-0.2, -0.15) is 4.83 Å². The first-order valence-corrected chi connectivity index (χ1v) is 5.91. The monoisotopic (exact) mass is 256 g/mol. The van der Waals surface area contributed by atoms with E-state index in [-0.39, 0.29) is 10.4 Å². The third kappa shape index (κ3) is 1.98. The number of hydrogen-bond acceptors (Lipinski definition) is 5. The van der Waals surface area contributed by atoms with Crippen LogP contribution in [0.2, 0.25) is 0 Å². The topological polar surface area (TPSA) is 138 Å². The maximum absolute atomic E-state index is 11.4. The molecule has 0 amide bonds. The van der Waals surface area contributed by atoms with Crippen LogP contribution in [0.4, 0.5) is 0 Å². The summed E-state index contributed by atoms with van der Waals surface area (Å²) in [7, 11) is -3.80. The Balaban J connectivity index is 2.79. The maximum atomic E-state index is 11.4. The predicted octanol–water partition coefficient (Wildman–Crippen LogP) is -1.63. The van der Waals surface area contributed by atoms with Crippen molar-refractivity contribution in [3.05, 3.63) is 38.9 Å². The van der Waals surface area contributed by atoms with E-state index in [1.54, 1.807) is 4.83 Å². The average molecular weight is 256 g/mol. The first kappa shape index (κ1) is 11.5. The zero-order valence-electron chi connectivity index (χ0n) is 8.35. The minimum absolute atomic E-state index is 0.116. The molecule has 0 bridgehead atoms. The van der Waals surface area contributed by atoms with Crippen LogP contribution in [0.3, 0.4) is 0 Å². The maximum Gasteiger partial charge on any atom is 0.314 e. The molecule has 0 radical (unpaired) electrons. The molecule has 1 heterocycles. The van der Waals surface area contributed by atoms with Gasteiger partial charge in [0.05, 0.1) is 15.9 Å². The van der Waals surface area contributed by atoms with Crippen molar-refractivity contribution < 1.29 is 8.42 Å². The molecular weight excluding hydrogens is 248 g/mol. The van der Waals surface area contributed by atoms with Gasteiger partial charge in [-0.1, -0.05) is 0 Å². The van der Waals surface area contributed by atoms with Crippen molar-refractivity contribution in [3.8, 4) is 0 Å². The number of aromatic amines is 2. The van der Waals surface area contributed by atoms with Gasteiger partial charge in [-0.05, 0) is 18.2 Å².